The Labute approximate surface area is 122 Å². The Morgan fingerprint density at radius 1 is 1.00 bits per heavy atom. The summed E-state index contributed by atoms with van der Waals surface area (Å²) in [6, 6.07) is 8.58. The van der Waals surface area contributed by atoms with Crippen LogP contribution >= 0.6 is 11.3 Å². The maximum Gasteiger partial charge on any atom is 0.136 e. The third kappa shape index (κ3) is 2.51. The van der Waals surface area contributed by atoms with Crippen molar-refractivity contribution >= 4 is 27.4 Å². The van der Waals surface area contributed by atoms with Crippen LogP contribution in [0.1, 0.15) is 27.4 Å². The maximum atomic E-state index is 6.04. The molecule has 0 unspecified atom stereocenters. The van der Waals surface area contributed by atoms with Crippen LogP contribution in [0.2, 0.25) is 0 Å². The molecule has 2 heterocycles. The van der Waals surface area contributed by atoms with Crippen LogP contribution in [-0.2, 0) is 6.42 Å². The quantitative estimate of drug-likeness (QED) is 0.778. The molecule has 0 saturated heterocycles. The van der Waals surface area contributed by atoms with Gasteiger partial charge >= 0.3 is 0 Å². The van der Waals surface area contributed by atoms with Crippen LogP contribution in [0.15, 0.2) is 24.3 Å². The van der Waals surface area contributed by atoms with Crippen LogP contribution in [-0.4, -0.2) is 9.97 Å². The minimum atomic E-state index is 0.582. The number of thiophene rings is 1. The zero-order valence-corrected chi connectivity index (χ0v) is 12.7. The number of hydrogen-bond acceptors (Lipinski definition) is 4. The highest BCUT2D eigenvalue weighted by molar-refractivity contribution is 7.18. The van der Waals surface area contributed by atoms with E-state index in [4.69, 9.17) is 5.73 Å². The number of nitrogen functional groups attached to an aromatic ring is 1. The van der Waals surface area contributed by atoms with Crippen LogP contribution in [0.3, 0.4) is 0 Å². The number of rotatable bonds is 2. The Kier molecular flexibility index (Phi) is 3.18. The summed E-state index contributed by atoms with van der Waals surface area (Å²) in [7, 11) is 0. The van der Waals surface area contributed by atoms with Gasteiger partial charge in [-0.3, -0.25) is 0 Å². The van der Waals surface area contributed by atoms with Gasteiger partial charge in [0.05, 0.1) is 5.39 Å². The minimum Gasteiger partial charge on any atom is -0.383 e. The van der Waals surface area contributed by atoms with Crippen molar-refractivity contribution in [3.8, 4) is 0 Å². The predicted octanol–water partition coefficient (Wildman–Crippen LogP) is 3.79. The topological polar surface area (TPSA) is 51.8 Å². The number of nitrogens with zero attached hydrogens (tertiary/aromatic N) is 2. The van der Waals surface area contributed by atoms with E-state index >= 15 is 0 Å². The first-order chi connectivity index (χ1) is 9.51. The summed E-state index contributed by atoms with van der Waals surface area (Å²) in [6.07, 6.45) is 0.722. The second-order valence-electron chi connectivity index (χ2n) is 5.27. The van der Waals surface area contributed by atoms with Gasteiger partial charge in [0.15, 0.2) is 0 Å². The fourth-order valence-corrected chi connectivity index (χ4v) is 3.45. The van der Waals surface area contributed by atoms with E-state index in [-0.39, 0.29) is 0 Å². The Bertz CT molecular complexity index is 770. The van der Waals surface area contributed by atoms with E-state index in [0.717, 1.165) is 22.5 Å². The van der Waals surface area contributed by atoms with Crippen molar-refractivity contribution in [1.29, 1.82) is 0 Å². The molecule has 0 aliphatic heterocycles. The number of hydrogen-bond donors (Lipinski definition) is 1. The summed E-state index contributed by atoms with van der Waals surface area (Å²) in [5.74, 6) is 1.38. The van der Waals surface area contributed by atoms with Gasteiger partial charge in [-0.25, -0.2) is 9.97 Å². The van der Waals surface area contributed by atoms with Gasteiger partial charge in [0.2, 0.25) is 0 Å². The molecule has 2 aromatic heterocycles. The molecule has 0 aliphatic rings. The van der Waals surface area contributed by atoms with Crippen LogP contribution in [0.4, 0.5) is 5.82 Å². The van der Waals surface area contributed by atoms with Gasteiger partial charge in [-0.15, -0.1) is 11.3 Å². The van der Waals surface area contributed by atoms with Gasteiger partial charge < -0.3 is 5.73 Å². The van der Waals surface area contributed by atoms with Gasteiger partial charge in [0.25, 0.3) is 0 Å². The Hall–Kier alpha value is -1.94. The highest BCUT2D eigenvalue weighted by Gasteiger charge is 2.09. The fraction of sp³-hybridized carbons (Fsp3) is 0.250. The van der Waals surface area contributed by atoms with E-state index < -0.39 is 0 Å². The second kappa shape index (κ2) is 4.87. The van der Waals surface area contributed by atoms with E-state index in [0.29, 0.717) is 5.82 Å². The average Bonchev–Trinajstić information content (AvgIpc) is 2.68. The Morgan fingerprint density at radius 2 is 1.70 bits per heavy atom. The first-order valence-electron chi connectivity index (χ1n) is 6.61. The molecular weight excluding hydrogens is 266 g/mol. The summed E-state index contributed by atoms with van der Waals surface area (Å²) < 4.78 is 0. The molecule has 2 N–H and O–H groups in total. The molecule has 3 nitrogen and oxygen atoms in total. The Morgan fingerprint density at radius 3 is 2.40 bits per heavy atom. The van der Waals surface area contributed by atoms with Crippen LogP contribution < -0.4 is 5.73 Å². The zero-order valence-electron chi connectivity index (χ0n) is 11.9. The van der Waals surface area contributed by atoms with Crippen molar-refractivity contribution in [1.82, 2.24) is 9.97 Å². The molecule has 3 rings (SSSR count). The van der Waals surface area contributed by atoms with Gasteiger partial charge in [0, 0.05) is 11.3 Å². The molecule has 4 heteroatoms. The molecule has 0 fully saturated rings. The zero-order chi connectivity index (χ0) is 14.3. The molecule has 0 amide bonds. The van der Waals surface area contributed by atoms with Crippen LogP contribution in [0.25, 0.3) is 10.2 Å². The van der Waals surface area contributed by atoms with Crippen molar-refractivity contribution in [2.45, 2.75) is 27.2 Å². The number of anilines is 1. The lowest BCUT2D eigenvalue weighted by Crippen LogP contribution is -2.01. The summed E-state index contributed by atoms with van der Waals surface area (Å²) in [5.41, 5.74) is 9.80. The maximum absolute atomic E-state index is 6.04. The molecule has 0 atom stereocenters. The van der Waals surface area contributed by atoms with Crippen LogP contribution in [0, 0.1) is 20.8 Å². The Balaban J connectivity index is 2.01. The molecule has 20 heavy (non-hydrogen) atoms. The second-order valence-corrected chi connectivity index (χ2v) is 6.51. The molecule has 1 aromatic carbocycles. The number of nitrogens with two attached hydrogens (primary N) is 1. The van der Waals surface area contributed by atoms with Gasteiger partial charge in [-0.05, 0) is 32.4 Å². The summed E-state index contributed by atoms with van der Waals surface area (Å²) in [4.78, 5) is 11.3. The van der Waals surface area contributed by atoms with E-state index in [9.17, 15) is 0 Å². The normalized spacial score (nSPS) is 11.2. The first-order valence-corrected chi connectivity index (χ1v) is 7.42. The lowest BCUT2D eigenvalue weighted by Gasteiger charge is -2.05. The molecule has 0 spiro atoms. The van der Waals surface area contributed by atoms with Crippen molar-refractivity contribution in [3.63, 3.8) is 0 Å². The number of aromatic nitrogens is 2. The molecule has 0 bridgehead atoms. The van der Waals surface area contributed by atoms with Crippen molar-refractivity contribution in [2.24, 2.45) is 0 Å². The van der Waals surface area contributed by atoms with E-state index in [1.807, 2.05) is 0 Å². The average molecular weight is 283 g/mol. The van der Waals surface area contributed by atoms with Crippen molar-refractivity contribution in [3.05, 3.63) is 51.7 Å². The first kappa shape index (κ1) is 13.1. The molecule has 0 radical (unpaired) electrons. The van der Waals surface area contributed by atoms with E-state index in [1.165, 1.54) is 21.6 Å². The van der Waals surface area contributed by atoms with E-state index in [2.05, 4.69) is 55.0 Å². The smallest absolute Gasteiger partial charge is 0.136 e. The SMILES string of the molecule is Cc1cc(C)cc(Cc2nc(N)c3cc(C)sc3n2)c1. The van der Waals surface area contributed by atoms with Crippen molar-refractivity contribution in [2.75, 3.05) is 5.73 Å². The predicted molar refractivity (Wildman–Crippen MR) is 85.3 cm³/mol. The third-order valence-corrected chi connectivity index (χ3v) is 4.18. The van der Waals surface area contributed by atoms with Gasteiger partial charge in [-0.2, -0.15) is 0 Å². The minimum absolute atomic E-state index is 0.582. The lowest BCUT2D eigenvalue weighted by molar-refractivity contribution is 0.998. The molecule has 0 aliphatic carbocycles. The van der Waals surface area contributed by atoms with Crippen LogP contribution in [0.5, 0.6) is 0 Å². The lowest BCUT2D eigenvalue weighted by atomic mass is 10.0. The largest absolute Gasteiger partial charge is 0.383 e. The van der Waals surface area contributed by atoms with Gasteiger partial charge in [-0.1, -0.05) is 29.3 Å². The van der Waals surface area contributed by atoms with E-state index in [1.54, 1.807) is 11.3 Å². The van der Waals surface area contributed by atoms with Crippen molar-refractivity contribution < 1.29 is 0 Å². The number of aryl methyl sites for hydroxylation is 3. The molecule has 102 valence electrons. The highest BCUT2D eigenvalue weighted by Crippen LogP contribution is 2.27. The summed E-state index contributed by atoms with van der Waals surface area (Å²) >= 11 is 1.67. The standard InChI is InChI=1S/C16H17N3S/c1-9-4-10(2)6-12(5-9)8-14-18-15(17)13-7-11(3)20-16(13)19-14/h4-7H,8H2,1-3H3,(H2,17,18,19). The molecule has 3 aromatic rings. The molecule has 0 saturated carbocycles. The number of benzene rings is 1. The van der Waals surface area contributed by atoms with Gasteiger partial charge in [0.1, 0.15) is 16.5 Å². The summed E-state index contributed by atoms with van der Waals surface area (Å²) in [6.45, 7) is 6.28. The highest BCUT2D eigenvalue weighted by atomic mass is 32.1. The third-order valence-electron chi connectivity index (χ3n) is 3.24. The number of fused-ring (bicyclic) bond motifs is 1. The monoisotopic (exact) mass is 283 g/mol. The fourth-order valence-electron chi connectivity index (χ4n) is 2.54. The molecular formula is C16H17N3S. The summed E-state index contributed by atoms with van der Waals surface area (Å²) in [5, 5.41) is 0.969.